The SMILES string of the molecule is CCC1C=CC=C1OC(C)=O. The molecule has 1 aliphatic carbocycles. The first-order valence-electron chi connectivity index (χ1n) is 3.81. The predicted molar refractivity (Wildman–Crippen MR) is 42.8 cm³/mol. The van der Waals surface area contributed by atoms with Crippen LogP contribution in [0.3, 0.4) is 0 Å². The minimum atomic E-state index is -0.238. The number of esters is 1. The topological polar surface area (TPSA) is 26.3 Å². The van der Waals surface area contributed by atoms with Crippen molar-refractivity contribution in [3.05, 3.63) is 24.0 Å². The Hall–Kier alpha value is -1.05. The van der Waals surface area contributed by atoms with Crippen LogP contribution >= 0.6 is 0 Å². The first-order chi connectivity index (χ1) is 5.24. The molecule has 1 atom stereocenters. The summed E-state index contributed by atoms with van der Waals surface area (Å²) in [6.07, 6.45) is 6.79. The molecule has 2 heteroatoms. The van der Waals surface area contributed by atoms with Crippen molar-refractivity contribution in [2.45, 2.75) is 20.3 Å². The van der Waals surface area contributed by atoms with Crippen molar-refractivity contribution in [1.82, 2.24) is 0 Å². The van der Waals surface area contributed by atoms with Crippen molar-refractivity contribution in [1.29, 1.82) is 0 Å². The standard InChI is InChI=1S/C9H12O2/c1-3-8-5-4-6-9(8)11-7(2)10/h4-6,8H,3H2,1-2H3. The maximum absolute atomic E-state index is 10.6. The second-order valence-electron chi connectivity index (χ2n) is 2.56. The van der Waals surface area contributed by atoms with Gasteiger partial charge in [0.1, 0.15) is 5.76 Å². The number of carbonyl (C=O) groups excluding carboxylic acids is 1. The number of allylic oxidation sites excluding steroid dienone is 3. The first-order valence-corrected chi connectivity index (χ1v) is 3.81. The van der Waals surface area contributed by atoms with E-state index in [1.807, 2.05) is 18.2 Å². The van der Waals surface area contributed by atoms with E-state index in [-0.39, 0.29) is 5.97 Å². The van der Waals surface area contributed by atoms with Gasteiger partial charge in [-0.05, 0) is 12.5 Å². The molecule has 0 aromatic carbocycles. The summed E-state index contributed by atoms with van der Waals surface area (Å²) in [4.78, 5) is 10.6. The van der Waals surface area contributed by atoms with Gasteiger partial charge in [0.05, 0.1) is 0 Å². The molecule has 11 heavy (non-hydrogen) atoms. The number of hydrogen-bond acceptors (Lipinski definition) is 2. The van der Waals surface area contributed by atoms with E-state index in [0.717, 1.165) is 12.2 Å². The fraction of sp³-hybridized carbons (Fsp3) is 0.444. The Balaban J connectivity index is 2.53. The summed E-state index contributed by atoms with van der Waals surface area (Å²) in [5.41, 5.74) is 0. The third kappa shape index (κ3) is 1.93. The minimum absolute atomic E-state index is 0.238. The molecule has 1 aliphatic rings. The van der Waals surface area contributed by atoms with Crippen LogP contribution in [0.25, 0.3) is 0 Å². The lowest BCUT2D eigenvalue weighted by Gasteiger charge is -2.09. The molecule has 0 fully saturated rings. The van der Waals surface area contributed by atoms with Crippen LogP contribution in [0.5, 0.6) is 0 Å². The highest BCUT2D eigenvalue weighted by atomic mass is 16.5. The molecule has 0 radical (unpaired) electrons. The average Bonchev–Trinajstić information content (AvgIpc) is 2.34. The number of ether oxygens (including phenoxy) is 1. The Morgan fingerprint density at radius 1 is 1.73 bits per heavy atom. The summed E-state index contributed by atoms with van der Waals surface area (Å²) in [5, 5.41) is 0. The van der Waals surface area contributed by atoms with E-state index < -0.39 is 0 Å². The van der Waals surface area contributed by atoms with E-state index >= 15 is 0 Å². The fourth-order valence-electron chi connectivity index (χ4n) is 1.12. The third-order valence-corrected chi connectivity index (χ3v) is 1.67. The predicted octanol–water partition coefficient (Wildman–Crippen LogP) is 2.03. The van der Waals surface area contributed by atoms with Gasteiger partial charge in [-0.1, -0.05) is 19.1 Å². The van der Waals surface area contributed by atoms with Gasteiger partial charge in [0.15, 0.2) is 0 Å². The zero-order chi connectivity index (χ0) is 8.27. The summed E-state index contributed by atoms with van der Waals surface area (Å²) in [6.45, 7) is 3.49. The van der Waals surface area contributed by atoms with Crippen LogP contribution in [-0.4, -0.2) is 5.97 Å². The molecule has 0 N–H and O–H groups in total. The maximum Gasteiger partial charge on any atom is 0.307 e. The molecule has 0 bridgehead atoms. The minimum Gasteiger partial charge on any atom is -0.431 e. The number of hydrogen-bond donors (Lipinski definition) is 0. The largest absolute Gasteiger partial charge is 0.431 e. The molecule has 0 aliphatic heterocycles. The van der Waals surface area contributed by atoms with E-state index in [2.05, 4.69) is 6.92 Å². The average molecular weight is 152 g/mol. The molecule has 0 saturated carbocycles. The second kappa shape index (κ2) is 3.37. The smallest absolute Gasteiger partial charge is 0.307 e. The highest BCUT2D eigenvalue weighted by Crippen LogP contribution is 2.23. The molecule has 0 aromatic heterocycles. The van der Waals surface area contributed by atoms with Crippen LogP contribution in [0.4, 0.5) is 0 Å². The number of rotatable bonds is 2. The van der Waals surface area contributed by atoms with E-state index in [1.54, 1.807) is 0 Å². The number of carbonyl (C=O) groups is 1. The lowest BCUT2D eigenvalue weighted by Crippen LogP contribution is -2.04. The Morgan fingerprint density at radius 3 is 3.00 bits per heavy atom. The van der Waals surface area contributed by atoms with Crippen molar-refractivity contribution in [2.75, 3.05) is 0 Å². The van der Waals surface area contributed by atoms with Gasteiger partial charge in [-0.25, -0.2) is 0 Å². The zero-order valence-corrected chi connectivity index (χ0v) is 6.83. The van der Waals surface area contributed by atoms with Gasteiger partial charge in [-0.2, -0.15) is 0 Å². The highest BCUT2D eigenvalue weighted by molar-refractivity contribution is 5.67. The lowest BCUT2D eigenvalue weighted by atomic mass is 10.1. The van der Waals surface area contributed by atoms with Crippen molar-refractivity contribution >= 4 is 5.97 Å². The molecular formula is C9H12O2. The summed E-state index contributed by atoms with van der Waals surface area (Å²) in [5.74, 6) is 0.845. The highest BCUT2D eigenvalue weighted by Gasteiger charge is 2.15. The Bertz CT molecular complexity index is 214. The van der Waals surface area contributed by atoms with Crippen LogP contribution in [-0.2, 0) is 9.53 Å². The molecule has 1 unspecified atom stereocenters. The van der Waals surface area contributed by atoms with Gasteiger partial charge >= 0.3 is 5.97 Å². The van der Waals surface area contributed by atoms with Gasteiger partial charge in [0.25, 0.3) is 0 Å². The summed E-state index contributed by atoms with van der Waals surface area (Å²) >= 11 is 0. The van der Waals surface area contributed by atoms with Crippen molar-refractivity contribution in [2.24, 2.45) is 5.92 Å². The summed E-state index contributed by atoms with van der Waals surface area (Å²) in [6, 6.07) is 0. The molecule has 2 nitrogen and oxygen atoms in total. The molecule has 60 valence electrons. The maximum atomic E-state index is 10.6. The quantitative estimate of drug-likeness (QED) is 0.566. The van der Waals surface area contributed by atoms with E-state index in [1.165, 1.54) is 6.92 Å². The van der Waals surface area contributed by atoms with Crippen molar-refractivity contribution in [3.8, 4) is 0 Å². The Morgan fingerprint density at radius 2 is 2.45 bits per heavy atom. The normalized spacial score (nSPS) is 21.6. The van der Waals surface area contributed by atoms with Crippen molar-refractivity contribution in [3.63, 3.8) is 0 Å². The summed E-state index contributed by atoms with van der Waals surface area (Å²) in [7, 11) is 0. The second-order valence-corrected chi connectivity index (χ2v) is 2.56. The third-order valence-electron chi connectivity index (χ3n) is 1.67. The molecule has 0 heterocycles. The van der Waals surface area contributed by atoms with E-state index in [4.69, 9.17) is 4.74 Å². The van der Waals surface area contributed by atoms with Crippen LogP contribution in [0.1, 0.15) is 20.3 Å². The van der Waals surface area contributed by atoms with Crippen LogP contribution in [0.2, 0.25) is 0 Å². The Labute approximate surface area is 66.5 Å². The van der Waals surface area contributed by atoms with Crippen molar-refractivity contribution < 1.29 is 9.53 Å². The molecule has 0 spiro atoms. The zero-order valence-electron chi connectivity index (χ0n) is 6.83. The Kier molecular flexibility index (Phi) is 2.47. The molecule has 0 aromatic rings. The van der Waals surface area contributed by atoms with Crippen LogP contribution < -0.4 is 0 Å². The molecule has 0 saturated heterocycles. The van der Waals surface area contributed by atoms with E-state index in [9.17, 15) is 4.79 Å². The summed E-state index contributed by atoms with van der Waals surface area (Å²) < 4.78 is 4.97. The van der Waals surface area contributed by atoms with Crippen LogP contribution in [0, 0.1) is 5.92 Å². The monoisotopic (exact) mass is 152 g/mol. The van der Waals surface area contributed by atoms with E-state index in [0.29, 0.717) is 5.92 Å². The first kappa shape index (κ1) is 8.05. The van der Waals surface area contributed by atoms with Gasteiger partial charge in [0.2, 0.25) is 0 Å². The fourth-order valence-corrected chi connectivity index (χ4v) is 1.12. The van der Waals surface area contributed by atoms with Gasteiger partial charge in [-0.3, -0.25) is 4.79 Å². The molecular weight excluding hydrogens is 140 g/mol. The van der Waals surface area contributed by atoms with Gasteiger partial charge in [0, 0.05) is 12.8 Å². The molecule has 0 amide bonds. The molecule has 1 rings (SSSR count). The van der Waals surface area contributed by atoms with Crippen LogP contribution in [0.15, 0.2) is 24.0 Å². The lowest BCUT2D eigenvalue weighted by molar-refractivity contribution is -0.137. The van der Waals surface area contributed by atoms with Gasteiger partial charge < -0.3 is 4.74 Å². The van der Waals surface area contributed by atoms with Gasteiger partial charge in [-0.15, -0.1) is 0 Å².